The molecule has 182 valence electrons. The smallest absolute Gasteiger partial charge is 0.337 e. The van der Waals surface area contributed by atoms with E-state index in [0.29, 0.717) is 34.9 Å². The Balaban J connectivity index is 1.87. The quantitative estimate of drug-likeness (QED) is 0.561. The Hall–Kier alpha value is -3.48. The van der Waals surface area contributed by atoms with Gasteiger partial charge in [-0.05, 0) is 40.2 Å². The van der Waals surface area contributed by atoms with E-state index in [0.717, 1.165) is 5.56 Å². The van der Waals surface area contributed by atoms with Crippen LogP contribution in [-0.2, 0) is 21.6 Å². The lowest BCUT2D eigenvalue weighted by Crippen LogP contribution is -2.47. The lowest BCUT2D eigenvalue weighted by atomic mass is 9.87. The molecule has 0 bridgehead atoms. The molecule has 1 atom stereocenters. The van der Waals surface area contributed by atoms with Gasteiger partial charge in [-0.25, -0.2) is 9.59 Å². The number of hydrogen-bond acceptors (Lipinski definition) is 5. The number of urea groups is 1. The van der Waals surface area contributed by atoms with Crippen LogP contribution in [0.1, 0.15) is 57.4 Å². The Morgan fingerprint density at radius 2 is 1.71 bits per heavy atom. The fraction of sp³-hybridized carbons (Fsp3) is 0.407. The summed E-state index contributed by atoms with van der Waals surface area (Å²) in [5, 5.41) is 5.57. The fourth-order valence-corrected chi connectivity index (χ4v) is 3.87. The minimum atomic E-state index is -0.675. The number of nitrogens with one attached hydrogen (secondary N) is 2. The Bertz CT molecular complexity index is 1080. The van der Waals surface area contributed by atoms with Gasteiger partial charge < -0.3 is 24.8 Å². The summed E-state index contributed by atoms with van der Waals surface area (Å²) in [6, 6.07) is 12.7. The molecule has 2 N–H and O–H groups in total. The molecular formula is C27H34N2O5. The van der Waals surface area contributed by atoms with Crippen LogP contribution in [0.3, 0.4) is 0 Å². The second kappa shape index (κ2) is 10.2. The first kappa shape index (κ1) is 25.1. The van der Waals surface area contributed by atoms with E-state index in [1.165, 1.54) is 12.7 Å². The number of benzene rings is 2. The van der Waals surface area contributed by atoms with Crippen molar-refractivity contribution in [3.8, 4) is 11.5 Å². The highest BCUT2D eigenvalue weighted by Crippen LogP contribution is 2.36. The summed E-state index contributed by atoms with van der Waals surface area (Å²) < 4.78 is 16.6. The van der Waals surface area contributed by atoms with Gasteiger partial charge in [0, 0.05) is 5.70 Å². The summed E-state index contributed by atoms with van der Waals surface area (Å²) in [5.74, 6) is 0.502. The molecule has 7 nitrogen and oxygen atoms in total. The van der Waals surface area contributed by atoms with Crippen molar-refractivity contribution < 1.29 is 23.8 Å². The van der Waals surface area contributed by atoms with E-state index < -0.39 is 12.0 Å². The van der Waals surface area contributed by atoms with Crippen LogP contribution in [0.4, 0.5) is 4.79 Å². The third kappa shape index (κ3) is 5.53. The molecule has 2 amide bonds. The van der Waals surface area contributed by atoms with E-state index in [2.05, 4.69) is 55.7 Å². The Kier molecular flexibility index (Phi) is 7.54. The van der Waals surface area contributed by atoms with Crippen molar-refractivity contribution in [2.45, 2.75) is 52.7 Å². The first-order valence-electron chi connectivity index (χ1n) is 11.3. The molecule has 0 spiro atoms. The van der Waals surface area contributed by atoms with E-state index >= 15 is 0 Å². The van der Waals surface area contributed by atoms with Crippen molar-refractivity contribution in [2.24, 2.45) is 5.92 Å². The fourth-order valence-electron chi connectivity index (χ4n) is 3.87. The average Bonchev–Trinajstić information content (AvgIpc) is 2.81. The van der Waals surface area contributed by atoms with Gasteiger partial charge in [-0.2, -0.15) is 0 Å². The van der Waals surface area contributed by atoms with Gasteiger partial charge in [0.05, 0.1) is 25.8 Å². The van der Waals surface area contributed by atoms with E-state index in [1.54, 1.807) is 19.2 Å². The van der Waals surface area contributed by atoms with E-state index in [-0.39, 0.29) is 17.4 Å². The molecule has 1 heterocycles. The zero-order valence-electron chi connectivity index (χ0n) is 20.9. The standard InChI is InChI=1S/C27H34N2O5/c1-16(2)23-22(25(30)33-7)24(29-26(31)28-23)18-10-13-20(21(14-18)32-6)34-15-17-8-11-19(12-9-17)27(3,4)5/h8-14,16,24H,15H2,1-7H3,(H2,28,29,31). The van der Waals surface area contributed by atoms with Gasteiger partial charge in [0.15, 0.2) is 11.5 Å². The molecule has 1 aliphatic rings. The van der Waals surface area contributed by atoms with Crippen molar-refractivity contribution in [1.82, 2.24) is 10.6 Å². The second-order valence-electron chi connectivity index (χ2n) is 9.65. The molecule has 0 saturated heterocycles. The number of esters is 1. The van der Waals surface area contributed by atoms with Crippen molar-refractivity contribution in [1.29, 1.82) is 0 Å². The minimum Gasteiger partial charge on any atom is -0.493 e. The number of carbonyl (C=O) groups is 2. The number of ether oxygens (including phenoxy) is 3. The molecule has 1 unspecified atom stereocenters. The minimum absolute atomic E-state index is 0.0724. The number of rotatable bonds is 7. The lowest BCUT2D eigenvalue weighted by Gasteiger charge is -2.31. The van der Waals surface area contributed by atoms with E-state index in [4.69, 9.17) is 14.2 Å². The van der Waals surface area contributed by atoms with Crippen molar-refractivity contribution in [3.05, 3.63) is 70.4 Å². The third-order valence-corrected chi connectivity index (χ3v) is 5.82. The Morgan fingerprint density at radius 3 is 2.26 bits per heavy atom. The number of methoxy groups -OCH3 is 2. The molecule has 1 aliphatic heterocycles. The van der Waals surface area contributed by atoms with Crippen molar-refractivity contribution in [2.75, 3.05) is 14.2 Å². The van der Waals surface area contributed by atoms with E-state index in [1.807, 2.05) is 19.9 Å². The van der Waals surface area contributed by atoms with Crippen LogP contribution >= 0.6 is 0 Å². The summed E-state index contributed by atoms with van der Waals surface area (Å²) in [7, 11) is 2.88. The van der Waals surface area contributed by atoms with Crippen LogP contribution < -0.4 is 20.1 Å². The van der Waals surface area contributed by atoms with E-state index in [9.17, 15) is 9.59 Å². The van der Waals surface area contributed by atoms with Gasteiger partial charge >= 0.3 is 12.0 Å². The topological polar surface area (TPSA) is 85.9 Å². The van der Waals surface area contributed by atoms with Crippen LogP contribution in [0.25, 0.3) is 0 Å². The molecular weight excluding hydrogens is 432 g/mol. The maximum Gasteiger partial charge on any atom is 0.337 e. The van der Waals surface area contributed by atoms with Gasteiger partial charge in [0.1, 0.15) is 6.61 Å². The van der Waals surface area contributed by atoms with Crippen LogP contribution in [-0.4, -0.2) is 26.2 Å². The number of hydrogen-bond donors (Lipinski definition) is 2. The van der Waals surface area contributed by atoms with Crippen molar-refractivity contribution in [3.63, 3.8) is 0 Å². The maximum atomic E-state index is 12.6. The van der Waals surface area contributed by atoms with Gasteiger partial charge in [-0.3, -0.25) is 0 Å². The van der Waals surface area contributed by atoms with Crippen LogP contribution in [0.15, 0.2) is 53.7 Å². The summed E-state index contributed by atoms with van der Waals surface area (Å²) >= 11 is 0. The Labute approximate surface area is 201 Å². The first-order valence-corrected chi connectivity index (χ1v) is 11.3. The Morgan fingerprint density at radius 1 is 1.03 bits per heavy atom. The number of allylic oxidation sites excluding steroid dienone is 1. The molecule has 0 fully saturated rings. The largest absolute Gasteiger partial charge is 0.493 e. The SMILES string of the molecule is COC(=O)C1=C(C(C)C)NC(=O)NC1c1ccc(OCc2ccc(C(C)(C)C)cc2)c(OC)c1. The summed E-state index contributed by atoms with van der Waals surface area (Å²) in [6.07, 6.45) is 0. The average molecular weight is 467 g/mol. The van der Waals surface area contributed by atoms with Gasteiger partial charge in [-0.1, -0.05) is 65.0 Å². The molecule has 0 aromatic heterocycles. The highest BCUT2D eigenvalue weighted by atomic mass is 16.5. The summed E-state index contributed by atoms with van der Waals surface area (Å²) in [6.45, 7) is 10.7. The molecule has 0 saturated carbocycles. The van der Waals surface area contributed by atoms with Gasteiger partial charge in [0.2, 0.25) is 0 Å². The molecule has 2 aromatic carbocycles. The summed E-state index contributed by atoms with van der Waals surface area (Å²) in [4.78, 5) is 24.9. The van der Waals surface area contributed by atoms with Crippen molar-refractivity contribution >= 4 is 12.0 Å². The predicted octanol–water partition coefficient (Wildman–Crippen LogP) is 5.01. The molecule has 0 radical (unpaired) electrons. The second-order valence-corrected chi connectivity index (χ2v) is 9.65. The molecule has 0 aliphatic carbocycles. The summed E-state index contributed by atoms with van der Waals surface area (Å²) in [5.41, 5.74) is 3.99. The molecule has 3 rings (SSSR count). The highest BCUT2D eigenvalue weighted by Gasteiger charge is 2.34. The maximum absolute atomic E-state index is 12.6. The van der Waals surface area contributed by atoms with Gasteiger partial charge in [-0.15, -0.1) is 0 Å². The first-order chi connectivity index (χ1) is 16.0. The molecule has 34 heavy (non-hydrogen) atoms. The molecule has 7 heteroatoms. The zero-order chi connectivity index (χ0) is 25.0. The predicted molar refractivity (Wildman–Crippen MR) is 131 cm³/mol. The van der Waals surface area contributed by atoms with Crippen LogP contribution in [0.2, 0.25) is 0 Å². The highest BCUT2D eigenvalue weighted by molar-refractivity contribution is 5.95. The normalized spacial score (nSPS) is 16.1. The monoisotopic (exact) mass is 466 g/mol. The van der Waals surface area contributed by atoms with Gasteiger partial charge in [0.25, 0.3) is 0 Å². The molecule has 2 aromatic rings. The third-order valence-electron chi connectivity index (χ3n) is 5.82. The number of carbonyl (C=O) groups excluding carboxylic acids is 2. The zero-order valence-corrected chi connectivity index (χ0v) is 20.9. The van der Waals surface area contributed by atoms with Crippen LogP contribution in [0, 0.1) is 5.92 Å². The lowest BCUT2D eigenvalue weighted by molar-refractivity contribution is -0.136. The number of amides is 2. The van der Waals surface area contributed by atoms with Crippen LogP contribution in [0.5, 0.6) is 11.5 Å².